The first-order valence-electron chi connectivity index (χ1n) is 15.8. The zero-order chi connectivity index (χ0) is 32.9. The molecule has 242 valence electrons. The molecule has 3 aliphatic heterocycles. The number of likely N-dealkylation sites (N-methyl/N-ethyl adjacent to an activating group) is 2. The first-order valence-corrected chi connectivity index (χ1v) is 17.2. The number of fused-ring (bicyclic) bond motifs is 1. The number of nitriles is 1. The maximum Gasteiger partial charge on any atom is 0.282 e. The maximum absolute atomic E-state index is 15.1. The normalized spacial score (nSPS) is 25.6. The van der Waals surface area contributed by atoms with Gasteiger partial charge in [0.25, 0.3) is 16.1 Å². The Morgan fingerprint density at radius 3 is 1.98 bits per heavy atom. The third-order valence-electron chi connectivity index (χ3n) is 10.2. The minimum Gasteiger partial charge on any atom is -0.339 e. The van der Waals surface area contributed by atoms with Crippen LogP contribution in [0.1, 0.15) is 34.0 Å². The van der Waals surface area contributed by atoms with Gasteiger partial charge in [0.1, 0.15) is 5.82 Å². The van der Waals surface area contributed by atoms with Gasteiger partial charge in [-0.2, -0.15) is 22.3 Å². The molecule has 47 heavy (non-hydrogen) atoms. The SMILES string of the molecule is CCN1CCN(S(=O)(=O)N2C[C@@H]3C(N4C(=O)C(c5ccncc5)(c5ccncc5)N(C)C4=CC(=O)c4ccc(C#N)cc4)[C@@H]3C2)CC1. The third-order valence-corrected chi connectivity index (χ3v) is 12.2. The Morgan fingerprint density at radius 2 is 1.47 bits per heavy atom. The predicted octanol–water partition coefficient (Wildman–Crippen LogP) is 1.90. The number of pyridine rings is 2. The van der Waals surface area contributed by atoms with Gasteiger partial charge < -0.3 is 9.80 Å². The number of hydrogen-bond acceptors (Lipinski definition) is 9. The lowest BCUT2D eigenvalue weighted by molar-refractivity contribution is -0.132. The van der Waals surface area contributed by atoms with Crippen molar-refractivity contribution in [1.29, 1.82) is 5.26 Å². The average molecular weight is 653 g/mol. The van der Waals surface area contributed by atoms with Gasteiger partial charge in [0.15, 0.2) is 11.3 Å². The maximum atomic E-state index is 15.1. The lowest BCUT2D eigenvalue weighted by Crippen LogP contribution is -2.53. The highest BCUT2D eigenvalue weighted by Gasteiger charge is 2.68. The lowest BCUT2D eigenvalue weighted by Gasteiger charge is -2.36. The van der Waals surface area contributed by atoms with E-state index >= 15 is 4.79 Å². The number of allylic oxidation sites excluding steroid dienone is 1. The Morgan fingerprint density at radius 1 is 0.915 bits per heavy atom. The van der Waals surface area contributed by atoms with Crippen molar-refractivity contribution in [2.45, 2.75) is 18.5 Å². The number of hydrogen-bond donors (Lipinski definition) is 0. The molecule has 0 radical (unpaired) electrons. The summed E-state index contributed by atoms with van der Waals surface area (Å²) >= 11 is 0. The molecule has 12 nitrogen and oxygen atoms in total. The molecule has 4 aliphatic rings. The molecular weight excluding hydrogens is 616 g/mol. The van der Waals surface area contributed by atoms with Gasteiger partial charge in [0, 0.05) is 101 Å². The van der Waals surface area contributed by atoms with E-state index in [4.69, 9.17) is 0 Å². The first kappa shape index (κ1) is 31.1. The summed E-state index contributed by atoms with van der Waals surface area (Å²) in [5, 5.41) is 9.23. The second kappa shape index (κ2) is 12.0. The van der Waals surface area contributed by atoms with Crippen molar-refractivity contribution in [3.05, 3.63) is 107 Å². The number of ketones is 1. The van der Waals surface area contributed by atoms with Crippen molar-refractivity contribution >= 4 is 21.9 Å². The Hall–Kier alpha value is -4.48. The molecular formula is C34H36N8O4S. The fourth-order valence-corrected chi connectivity index (χ4v) is 9.25. The van der Waals surface area contributed by atoms with Crippen LogP contribution in [0, 0.1) is 23.2 Å². The quantitative estimate of drug-likeness (QED) is 0.264. The van der Waals surface area contributed by atoms with Crippen molar-refractivity contribution < 1.29 is 18.0 Å². The van der Waals surface area contributed by atoms with Crippen LogP contribution in [0.25, 0.3) is 0 Å². The summed E-state index contributed by atoms with van der Waals surface area (Å²) in [5.74, 6) is -0.241. The van der Waals surface area contributed by atoms with Gasteiger partial charge in [0.05, 0.1) is 11.6 Å². The second-order valence-electron chi connectivity index (χ2n) is 12.4. The summed E-state index contributed by atoms with van der Waals surface area (Å²) in [5.41, 5.74) is 0.887. The van der Waals surface area contributed by atoms with Gasteiger partial charge in [-0.05, 0) is 66.2 Å². The summed E-state index contributed by atoms with van der Waals surface area (Å²) in [6.45, 7) is 5.94. The molecule has 3 aromatic rings. The van der Waals surface area contributed by atoms with E-state index < -0.39 is 15.7 Å². The molecule has 0 spiro atoms. The fourth-order valence-electron chi connectivity index (χ4n) is 7.57. The number of piperidine rings is 1. The molecule has 13 heteroatoms. The summed E-state index contributed by atoms with van der Waals surface area (Å²) < 4.78 is 30.4. The molecule has 2 aromatic heterocycles. The van der Waals surface area contributed by atoms with Crippen molar-refractivity contribution in [2.75, 3.05) is 52.9 Å². The topological polar surface area (TPSA) is 134 Å². The van der Waals surface area contributed by atoms with Gasteiger partial charge in [-0.3, -0.25) is 24.5 Å². The molecule has 1 aliphatic carbocycles. The van der Waals surface area contributed by atoms with E-state index in [-0.39, 0.29) is 29.6 Å². The van der Waals surface area contributed by atoms with E-state index in [0.29, 0.717) is 67.3 Å². The van der Waals surface area contributed by atoms with Crippen LogP contribution in [0.3, 0.4) is 0 Å². The van der Waals surface area contributed by atoms with E-state index in [1.165, 1.54) is 6.08 Å². The van der Waals surface area contributed by atoms with Crippen LogP contribution in [0.4, 0.5) is 0 Å². The summed E-state index contributed by atoms with van der Waals surface area (Å²) in [6, 6.07) is 15.4. The first-order chi connectivity index (χ1) is 22.7. The van der Waals surface area contributed by atoms with Gasteiger partial charge in [0.2, 0.25) is 0 Å². The van der Waals surface area contributed by atoms with E-state index in [1.54, 1.807) is 86.8 Å². The largest absolute Gasteiger partial charge is 0.339 e. The summed E-state index contributed by atoms with van der Waals surface area (Å²) in [7, 11) is -1.82. The molecule has 1 saturated carbocycles. The monoisotopic (exact) mass is 652 g/mol. The molecule has 7 rings (SSSR count). The highest BCUT2D eigenvalue weighted by Crippen LogP contribution is 2.56. The number of nitrogens with zero attached hydrogens (tertiary/aromatic N) is 8. The molecule has 1 amide bonds. The molecule has 3 saturated heterocycles. The average Bonchev–Trinajstić information content (AvgIpc) is 3.46. The van der Waals surface area contributed by atoms with E-state index in [2.05, 4.69) is 27.9 Å². The number of amides is 1. The van der Waals surface area contributed by atoms with Gasteiger partial charge >= 0.3 is 0 Å². The van der Waals surface area contributed by atoms with Gasteiger partial charge in [-0.15, -0.1) is 0 Å². The number of benzene rings is 1. The molecule has 4 fully saturated rings. The molecule has 0 bridgehead atoms. The molecule has 1 unspecified atom stereocenters. The summed E-state index contributed by atoms with van der Waals surface area (Å²) in [4.78, 5) is 43.0. The number of piperazine rings is 1. The molecule has 0 N–H and O–H groups in total. The number of carbonyl (C=O) groups is 2. The smallest absolute Gasteiger partial charge is 0.282 e. The van der Waals surface area contributed by atoms with Crippen LogP contribution in [0.2, 0.25) is 0 Å². The van der Waals surface area contributed by atoms with E-state index in [1.807, 2.05) is 11.9 Å². The van der Waals surface area contributed by atoms with Gasteiger partial charge in [-0.25, -0.2) is 0 Å². The Bertz CT molecular complexity index is 1800. The fraction of sp³-hybridized carbons (Fsp3) is 0.382. The zero-order valence-corrected chi connectivity index (χ0v) is 27.1. The number of rotatable bonds is 8. The van der Waals surface area contributed by atoms with Crippen molar-refractivity contribution in [3.63, 3.8) is 0 Å². The number of aromatic nitrogens is 2. The zero-order valence-electron chi connectivity index (χ0n) is 26.3. The van der Waals surface area contributed by atoms with Crippen LogP contribution in [-0.2, 0) is 20.5 Å². The van der Waals surface area contributed by atoms with Gasteiger partial charge in [-0.1, -0.05) is 6.92 Å². The predicted molar refractivity (Wildman–Crippen MR) is 172 cm³/mol. The summed E-state index contributed by atoms with van der Waals surface area (Å²) in [6.07, 6.45) is 8.05. The Labute approximate surface area is 274 Å². The van der Waals surface area contributed by atoms with Crippen molar-refractivity contribution in [3.8, 4) is 6.07 Å². The van der Waals surface area contributed by atoms with Crippen LogP contribution in [0.5, 0.6) is 0 Å². The lowest BCUT2D eigenvalue weighted by atomic mass is 9.82. The number of carbonyl (C=O) groups excluding carboxylic acids is 2. The molecule has 3 atom stereocenters. The molecule has 1 aromatic carbocycles. The second-order valence-corrected chi connectivity index (χ2v) is 14.4. The minimum absolute atomic E-state index is 0.0712. The van der Waals surface area contributed by atoms with Crippen molar-refractivity contribution in [1.82, 2.24) is 33.3 Å². The Balaban J connectivity index is 1.25. The third kappa shape index (κ3) is 5.03. The van der Waals surface area contributed by atoms with Crippen LogP contribution < -0.4 is 0 Å². The van der Waals surface area contributed by atoms with Crippen LogP contribution >= 0.6 is 0 Å². The Kier molecular flexibility index (Phi) is 7.92. The highest BCUT2D eigenvalue weighted by atomic mass is 32.2. The van der Waals surface area contributed by atoms with E-state index in [9.17, 15) is 18.5 Å². The van der Waals surface area contributed by atoms with Crippen LogP contribution in [0.15, 0.2) is 85.2 Å². The highest BCUT2D eigenvalue weighted by molar-refractivity contribution is 7.86. The van der Waals surface area contributed by atoms with E-state index in [0.717, 1.165) is 6.54 Å². The van der Waals surface area contributed by atoms with Crippen molar-refractivity contribution in [2.24, 2.45) is 11.8 Å². The standard InChI is InChI=1S/C34H36N8O4S/c1-3-39-16-18-40(19-17-39)47(45,46)41-22-28-29(23-41)32(28)42-31(20-30(43)25-6-4-24(21-35)5-7-25)38(2)34(33(42)44,26-8-12-36-13-9-26)27-10-14-37-15-11-27/h4-15,20,28-29,32H,3,16-19,22-23H2,1-2H3/t28-,29+,32?. The van der Waals surface area contributed by atoms with Crippen LogP contribution in [-0.4, -0.2) is 112 Å². The minimum atomic E-state index is -3.63. The molecule has 5 heterocycles.